The molecule has 1 aromatic rings. The number of hydrogen-bond donors (Lipinski definition) is 0. The Morgan fingerprint density at radius 1 is 0.720 bits per heavy atom. The van der Waals surface area contributed by atoms with E-state index in [0.717, 1.165) is 57.8 Å². The van der Waals surface area contributed by atoms with Crippen LogP contribution in [0.5, 0.6) is 5.75 Å². The second kappa shape index (κ2) is 12.1. The van der Waals surface area contributed by atoms with Crippen molar-refractivity contribution in [2.24, 2.45) is 47.3 Å². The molecular formula is C41H58O9. The summed E-state index contributed by atoms with van der Waals surface area (Å²) in [7, 11) is 0. The minimum Gasteiger partial charge on any atom is -0.428 e. The molecule has 11 rings (SSSR count). The molecule has 9 heteroatoms. The Bertz CT molecular complexity index is 1440. The van der Waals surface area contributed by atoms with Gasteiger partial charge in [-0.25, -0.2) is 24.3 Å². The molecule has 4 aliphatic carbocycles. The van der Waals surface area contributed by atoms with Crippen LogP contribution in [0.1, 0.15) is 112 Å². The van der Waals surface area contributed by atoms with Gasteiger partial charge in [0.25, 0.3) is 0 Å². The lowest BCUT2D eigenvalue weighted by Crippen LogP contribution is -2.71. The largest absolute Gasteiger partial charge is 0.514 e. The van der Waals surface area contributed by atoms with Crippen LogP contribution >= 0.6 is 0 Å². The molecule has 4 bridgehead atoms. The molecule has 0 N–H and O–H groups in total. The van der Waals surface area contributed by atoms with Crippen LogP contribution in [0.4, 0.5) is 4.79 Å². The van der Waals surface area contributed by atoms with Gasteiger partial charge in [0.1, 0.15) is 34.3 Å². The lowest BCUT2D eigenvalue weighted by Gasteiger charge is -2.62. The summed E-state index contributed by atoms with van der Waals surface area (Å²) in [6.45, 7) is 13.7. The van der Waals surface area contributed by atoms with E-state index in [2.05, 4.69) is 41.5 Å². The van der Waals surface area contributed by atoms with E-state index < -0.39 is 29.1 Å². The number of hydrogen-bond acceptors (Lipinski definition) is 9. The third-order valence-corrected chi connectivity index (χ3v) is 15.6. The summed E-state index contributed by atoms with van der Waals surface area (Å²) in [6.07, 6.45) is 8.72. The van der Waals surface area contributed by atoms with Crippen LogP contribution in [0.25, 0.3) is 0 Å². The smallest absolute Gasteiger partial charge is 0.428 e. The van der Waals surface area contributed by atoms with Crippen LogP contribution in [0.15, 0.2) is 30.3 Å². The van der Waals surface area contributed by atoms with Crippen LogP contribution in [0.2, 0.25) is 0 Å². The highest BCUT2D eigenvalue weighted by Crippen LogP contribution is 2.64. The van der Waals surface area contributed by atoms with E-state index in [9.17, 15) is 4.79 Å². The summed E-state index contributed by atoms with van der Waals surface area (Å²) < 4.78 is 26.8. The molecule has 2 spiro atoms. The quantitative estimate of drug-likeness (QED) is 0.171. The van der Waals surface area contributed by atoms with Crippen molar-refractivity contribution in [3.8, 4) is 5.75 Å². The van der Waals surface area contributed by atoms with E-state index in [1.54, 1.807) is 12.1 Å². The Labute approximate surface area is 297 Å². The summed E-state index contributed by atoms with van der Waals surface area (Å²) in [5, 5.41) is 0. The highest BCUT2D eigenvalue weighted by atomic mass is 17.2. The first-order valence-corrected chi connectivity index (χ1v) is 19.9. The van der Waals surface area contributed by atoms with Crippen LogP contribution in [0, 0.1) is 47.3 Å². The number of carbonyl (C=O) groups excluding carboxylic acids is 1. The summed E-state index contributed by atoms with van der Waals surface area (Å²) in [5.41, 5.74) is -1.68. The zero-order valence-corrected chi connectivity index (χ0v) is 30.8. The molecule has 0 amide bonds. The van der Waals surface area contributed by atoms with Crippen molar-refractivity contribution in [2.75, 3.05) is 0 Å². The number of rotatable bonds is 5. The van der Waals surface area contributed by atoms with Crippen LogP contribution in [0.3, 0.4) is 0 Å². The van der Waals surface area contributed by atoms with Gasteiger partial charge in [0, 0.05) is 19.3 Å². The third kappa shape index (κ3) is 5.10. The van der Waals surface area contributed by atoms with E-state index in [1.807, 2.05) is 18.2 Å². The van der Waals surface area contributed by atoms with Gasteiger partial charge in [-0.05, 0) is 125 Å². The molecular weight excluding hydrogens is 636 g/mol. The summed E-state index contributed by atoms with van der Waals surface area (Å²) in [4.78, 5) is 39.4. The van der Waals surface area contributed by atoms with Crippen molar-refractivity contribution in [2.45, 2.75) is 165 Å². The van der Waals surface area contributed by atoms with Crippen LogP contribution in [-0.2, 0) is 33.8 Å². The van der Waals surface area contributed by atoms with Gasteiger partial charge in [-0.3, -0.25) is 0 Å². The van der Waals surface area contributed by atoms with Crippen molar-refractivity contribution in [3.63, 3.8) is 0 Å². The predicted octanol–water partition coefficient (Wildman–Crippen LogP) is 8.38. The molecule has 6 aliphatic heterocycles. The van der Waals surface area contributed by atoms with Gasteiger partial charge < -0.3 is 18.9 Å². The number of carbonyl (C=O) groups is 1. The molecule has 10 fully saturated rings. The maximum atomic E-state index is 13.7. The fourth-order valence-electron chi connectivity index (χ4n) is 12.9. The SMILES string of the molecule is C[C@H]1[C@@H](C[C@H](OC(=O)Oc2ccccc2)C2O[C@@H]3C[C@]4(C)CC[C@H]5[C@H](C)CC[C@@H]([C@H]2C)[C@@]35OO4)O[C@@H]2C[C@]3(C)CC[C@H]4[C@H](C)CC[C@@H]1[C@@]24OO3. The Kier molecular flexibility index (Phi) is 8.27. The number of ether oxygens (including phenoxy) is 4. The predicted molar refractivity (Wildman–Crippen MR) is 183 cm³/mol. The molecule has 6 saturated heterocycles. The molecule has 10 aliphatic rings. The molecule has 50 heavy (non-hydrogen) atoms. The van der Waals surface area contributed by atoms with E-state index in [1.165, 1.54) is 6.42 Å². The lowest BCUT2D eigenvalue weighted by molar-refractivity contribution is -0.491. The molecule has 276 valence electrons. The van der Waals surface area contributed by atoms with Crippen LogP contribution in [-0.4, -0.2) is 59.1 Å². The van der Waals surface area contributed by atoms with Gasteiger partial charge in [0.2, 0.25) is 0 Å². The Morgan fingerprint density at radius 3 is 1.88 bits per heavy atom. The van der Waals surface area contributed by atoms with E-state index in [0.29, 0.717) is 41.8 Å². The average Bonchev–Trinajstić information content (AvgIpc) is 3.46. The first-order chi connectivity index (χ1) is 23.9. The first kappa shape index (κ1) is 34.0. The molecule has 17 atom stereocenters. The van der Waals surface area contributed by atoms with E-state index >= 15 is 0 Å². The van der Waals surface area contributed by atoms with Crippen molar-refractivity contribution in [1.82, 2.24) is 0 Å². The number of para-hydroxylation sites is 1. The maximum absolute atomic E-state index is 13.7. The van der Waals surface area contributed by atoms with Crippen molar-refractivity contribution in [1.29, 1.82) is 0 Å². The molecule has 9 nitrogen and oxygen atoms in total. The zero-order chi connectivity index (χ0) is 34.6. The molecule has 0 radical (unpaired) electrons. The molecule has 0 aromatic heterocycles. The topological polar surface area (TPSA) is 90.9 Å². The lowest BCUT2D eigenvalue weighted by atomic mass is 9.55. The van der Waals surface area contributed by atoms with Crippen molar-refractivity contribution >= 4 is 6.16 Å². The van der Waals surface area contributed by atoms with Gasteiger partial charge >= 0.3 is 6.16 Å². The fraction of sp³-hybridized carbons (Fsp3) is 0.829. The Balaban J connectivity index is 1.05. The van der Waals surface area contributed by atoms with Gasteiger partial charge in [-0.2, -0.15) is 0 Å². The molecule has 6 heterocycles. The maximum Gasteiger partial charge on any atom is 0.514 e. The summed E-state index contributed by atoms with van der Waals surface area (Å²) in [5.74, 6) is 3.09. The average molecular weight is 695 g/mol. The Morgan fingerprint density at radius 2 is 1.28 bits per heavy atom. The molecule has 4 saturated carbocycles. The number of benzene rings is 1. The summed E-state index contributed by atoms with van der Waals surface area (Å²) >= 11 is 0. The summed E-state index contributed by atoms with van der Waals surface area (Å²) in [6, 6.07) is 9.17. The third-order valence-electron chi connectivity index (χ3n) is 15.6. The molecule has 1 aromatic carbocycles. The Hall–Kier alpha value is -1.75. The van der Waals surface area contributed by atoms with Gasteiger partial charge in [-0.15, -0.1) is 0 Å². The van der Waals surface area contributed by atoms with Crippen LogP contribution < -0.4 is 4.74 Å². The van der Waals surface area contributed by atoms with Gasteiger partial charge in [0.15, 0.2) is 0 Å². The van der Waals surface area contributed by atoms with E-state index in [-0.39, 0.29) is 47.8 Å². The normalized spacial score (nSPS) is 52.5. The fourth-order valence-corrected chi connectivity index (χ4v) is 12.9. The molecule has 1 unspecified atom stereocenters. The highest BCUT2D eigenvalue weighted by molar-refractivity contribution is 5.64. The van der Waals surface area contributed by atoms with Crippen molar-refractivity contribution in [3.05, 3.63) is 30.3 Å². The van der Waals surface area contributed by atoms with E-state index in [4.69, 9.17) is 38.5 Å². The zero-order valence-electron chi connectivity index (χ0n) is 30.8. The van der Waals surface area contributed by atoms with Gasteiger partial charge in [-0.1, -0.05) is 45.9 Å². The standard InChI is InChI=1S/C41H58O9/c1-23-12-14-30-25(3)32(44-34-21-38(5)18-16-28(23)40(30,34)49-47-38)20-33(45-37(42)43-27-10-8-7-9-11-27)36-26(4)31-15-13-24(2)29-17-19-39(6)22-35(46-36)41(29,31)50-48-39/h7-11,23-26,28-36H,12-22H2,1-6H3/t23-,24-,25-,26-,28+,29+,30+,31+,32-,33+,34-,35-,36?,38+,39+,40-,41-/m1/s1. The monoisotopic (exact) mass is 694 g/mol. The number of fused-ring (bicyclic) bond motifs is 4. The second-order valence-corrected chi connectivity index (χ2v) is 18.5. The first-order valence-electron chi connectivity index (χ1n) is 19.9. The van der Waals surface area contributed by atoms with Crippen molar-refractivity contribution < 1.29 is 43.3 Å². The second-order valence-electron chi connectivity index (χ2n) is 18.5. The highest BCUT2D eigenvalue weighted by Gasteiger charge is 2.70. The minimum absolute atomic E-state index is 0.0662. The van der Waals surface area contributed by atoms with Gasteiger partial charge in [0.05, 0.1) is 24.4 Å². The minimum atomic E-state index is -0.703.